The summed E-state index contributed by atoms with van der Waals surface area (Å²) < 4.78 is 0. The van der Waals surface area contributed by atoms with Crippen molar-refractivity contribution in [1.82, 2.24) is 10.6 Å². The lowest BCUT2D eigenvalue weighted by Gasteiger charge is -2.40. The number of rotatable bonds is 8. The molecule has 6 nitrogen and oxygen atoms in total. The van der Waals surface area contributed by atoms with Gasteiger partial charge in [0.05, 0.1) is 22.5 Å². The molecular formula is C23H40N4O2. The van der Waals surface area contributed by atoms with Crippen molar-refractivity contribution in [2.45, 2.75) is 83.7 Å². The van der Waals surface area contributed by atoms with E-state index in [2.05, 4.69) is 61.8 Å². The predicted molar refractivity (Wildman–Crippen MR) is 120 cm³/mol. The third-order valence-corrected chi connectivity index (χ3v) is 7.16. The van der Waals surface area contributed by atoms with Crippen LogP contribution in [0.4, 0.5) is 0 Å². The molecule has 164 valence electrons. The number of nitrogens with zero attached hydrogens (tertiary/aromatic N) is 2. The van der Waals surface area contributed by atoms with Crippen LogP contribution in [0.15, 0.2) is 34.6 Å². The number of allylic oxidation sites excluding steroid dienone is 2. The zero-order chi connectivity index (χ0) is 21.7. The van der Waals surface area contributed by atoms with Gasteiger partial charge in [-0.15, -0.1) is 0 Å². The Morgan fingerprint density at radius 3 is 1.59 bits per heavy atom. The van der Waals surface area contributed by atoms with Gasteiger partial charge in [0.2, 0.25) is 0 Å². The molecule has 0 aliphatic heterocycles. The van der Waals surface area contributed by atoms with E-state index >= 15 is 0 Å². The Morgan fingerprint density at radius 1 is 0.897 bits per heavy atom. The Balaban J connectivity index is 1.82. The molecule has 0 saturated heterocycles. The predicted octanol–water partition coefficient (Wildman–Crippen LogP) is 4.49. The van der Waals surface area contributed by atoms with Crippen LogP contribution < -0.4 is 10.6 Å². The molecule has 4 atom stereocenters. The van der Waals surface area contributed by atoms with Crippen LogP contribution in [-0.4, -0.2) is 46.0 Å². The molecule has 0 unspecified atom stereocenters. The fourth-order valence-electron chi connectivity index (χ4n) is 4.68. The van der Waals surface area contributed by atoms with Crippen LogP contribution in [0, 0.1) is 11.8 Å². The van der Waals surface area contributed by atoms with Gasteiger partial charge in [-0.25, -0.2) is 0 Å². The van der Waals surface area contributed by atoms with Crippen molar-refractivity contribution < 1.29 is 10.4 Å². The normalized spacial score (nSPS) is 35.7. The molecule has 0 amide bonds. The van der Waals surface area contributed by atoms with Crippen LogP contribution in [0.5, 0.6) is 0 Å². The SMILES string of the molecule is C=C(C)[C@@H]1CC[C@](C)(NCCCN[C@@]2(C)CC[C@@H](C(=C)C)C/C2=N\O)/C(=N/O)C1. The molecule has 2 saturated carbocycles. The summed E-state index contributed by atoms with van der Waals surface area (Å²) in [5, 5.41) is 33.4. The van der Waals surface area contributed by atoms with Crippen LogP contribution >= 0.6 is 0 Å². The summed E-state index contributed by atoms with van der Waals surface area (Å²) in [5.41, 5.74) is 3.44. The van der Waals surface area contributed by atoms with E-state index in [1.165, 1.54) is 0 Å². The van der Waals surface area contributed by atoms with Crippen molar-refractivity contribution in [3.8, 4) is 0 Å². The van der Waals surface area contributed by atoms with Gasteiger partial charge in [-0.2, -0.15) is 0 Å². The van der Waals surface area contributed by atoms with E-state index in [0.717, 1.165) is 80.6 Å². The molecule has 0 aromatic carbocycles. The average molecular weight is 405 g/mol. The summed E-state index contributed by atoms with van der Waals surface area (Å²) in [4.78, 5) is 0. The molecule has 0 radical (unpaired) electrons. The first-order chi connectivity index (χ1) is 13.6. The van der Waals surface area contributed by atoms with Gasteiger partial charge in [0, 0.05) is 0 Å². The maximum absolute atomic E-state index is 9.51. The second kappa shape index (κ2) is 9.90. The second-order valence-corrected chi connectivity index (χ2v) is 9.54. The van der Waals surface area contributed by atoms with Crippen LogP contribution in [-0.2, 0) is 0 Å². The Kier molecular flexibility index (Phi) is 8.06. The molecule has 0 spiro atoms. The molecule has 2 rings (SSSR count). The lowest BCUT2D eigenvalue weighted by Crippen LogP contribution is -2.55. The van der Waals surface area contributed by atoms with E-state index in [1.54, 1.807) is 0 Å². The highest BCUT2D eigenvalue weighted by Crippen LogP contribution is 2.34. The van der Waals surface area contributed by atoms with Gasteiger partial charge in [-0.1, -0.05) is 34.6 Å². The smallest absolute Gasteiger partial charge is 0.0774 e. The summed E-state index contributed by atoms with van der Waals surface area (Å²) in [5.74, 6) is 0.811. The van der Waals surface area contributed by atoms with E-state index in [0.29, 0.717) is 11.8 Å². The van der Waals surface area contributed by atoms with Crippen molar-refractivity contribution in [1.29, 1.82) is 0 Å². The number of nitrogens with one attached hydrogen (secondary N) is 2. The molecule has 0 heterocycles. The standard InChI is InChI=1S/C23H40N4O2/c1-16(2)18-8-10-22(5,20(14-18)26-28)24-12-7-13-25-23(6)11-9-19(17(3)4)15-21(23)27-29/h18-19,24-25,28-29H,1,3,7-15H2,2,4-6H3/b26-20+,27-21+/t18-,19-,22+,23+/m1/s1. The van der Waals surface area contributed by atoms with Gasteiger partial charge in [-0.05, 0) is 97.6 Å². The minimum Gasteiger partial charge on any atom is -0.411 e. The van der Waals surface area contributed by atoms with Gasteiger partial charge < -0.3 is 21.0 Å². The Bertz CT molecular complexity index is 616. The van der Waals surface area contributed by atoms with Crippen molar-refractivity contribution >= 4 is 11.4 Å². The minimum atomic E-state index is -0.262. The van der Waals surface area contributed by atoms with Gasteiger partial charge in [0.15, 0.2) is 0 Å². The third kappa shape index (κ3) is 5.70. The first kappa shape index (κ1) is 23.6. The Labute approximate surface area is 176 Å². The van der Waals surface area contributed by atoms with E-state index in [9.17, 15) is 10.4 Å². The molecule has 6 heteroatoms. The largest absolute Gasteiger partial charge is 0.411 e. The van der Waals surface area contributed by atoms with E-state index < -0.39 is 0 Å². The molecular weight excluding hydrogens is 364 g/mol. The van der Waals surface area contributed by atoms with Gasteiger partial charge in [0.1, 0.15) is 0 Å². The van der Waals surface area contributed by atoms with Gasteiger partial charge in [-0.3, -0.25) is 0 Å². The lowest BCUT2D eigenvalue weighted by molar-refractivity contribution is 0.282. The Morgan fingerprint density at radius 2 is 1.28 bits per heavy atom. The summed E-state index contributed by atoms with van der Waals surface area (Å²) in [6.07, 6.45) is 6.49. The highest BCUT2D eigenvalue weighted by molar-refractivity contribution is 5.94. The van der Waals surface area contributed by atoms with E-state index in [1.807, 2.05) is 0 Å². The maximum Gasteiger partial charge on any atom is 0.0774 e. The monoisotopic (exact) mass is 404 g/mol. The van der Waals surface area contributed by atoms with Gasteiger partial charge >= 0.3 is 0 Å². The van der Waals surface area contributed by atoms with E-state index in [-0.39, 0.29) is 11.1 Å². The quantitative estimate of drug-likeness (QED) is 0.208. The Hall–Kier alpha value is -1.66. The fraction of sp³-hybridized carbons (Fsp3) is 0.739. The molecule has 2 aliphatic carbocycles. The summed E-state index contributed by atoms with van der Waals surface area (Å²) in [7, 11) is 0. The van der Waals surface area contributed by atoms with Crippen LogP contribution in [0.25, 0.3) is 0 Å². The van der Waals surface area contributed by atoms with Crippen LogP contribution in [0.2, 0.25) is 0 Å². The highest BCUT2D eigenvalue weighted by atomic mass is 16.4. The van der Waals surface area contributed by atoms with Crippen LogP contribution in [0.1, 0.15) is 72.6 Å². The average Bonchev–Trinajstić information content (AvgIpc) is 2.67. The molecule has 2 aliphatic rings. The molecule has 0 aromatic rings. The number of hydrogen-bond acceptors (Lipinski definition) is 6. The van der Waals surface area contributed by atoms with Crippen molar-refractivity contribution in [3.05, 3.63) is 24.3 Å². The highest BCUT2D eigenvalue weighted by Gasteiger charge is 2.38. The fourth-order valence-corrected chi connectivity index (χ4v) is 4.68. The van der Waals surface area contributed by atoms with Crippen molar-refractivity contribution in [3.63, 3.8) is 0 Å². The molecule has 0 bridgehead atoms. The first-order valence-electron chi connectivity index (χ1n) is 10.9. The summed E-state index contributed by atoms with van der Waals surface area (Å²) in [6.45, 7) is 18.1. The molecule has 2 fully saturated rings. The van der Waals surface area contributed by atoms with Crippen molar-refractivity contribution in [2.75, 3.05) is 13.1 Å². The van der Waals surface area contributed by atoms with Crippen LogP contribution in [0.3, 0.4) is 0 Å². The first-order valence-corrected chi connectivity index (χ1v) is 10.9. The van der Waals surface area contributed by atoms with Crippen molar-refractivity contribution in [2.24, 2.45) is 22.1 Å². The number of oxime groups is 2. The number of hydrogen-bond donors (Lipinski definition) is 4. The van der Waals surface area contributed by atoms with E-state index in [4.69, 9.17) is 0 Å². The second-order valence-electron chi connectivity index (χ2n) is 9.54. The maximum atomic E-state index is 9.51. The topological polar surface area (TPSA) is 89.2 Å². The third-order valence-electron chi connectivity index (χ3n) is 7.16. The van der Waals surface area contributed by atoms with Gasteiger partial charge in [0.25, 0.3) is 0 Å². The zero-order valence-corrected chi connectivity index (χ0v) is 18.7. The molecule has 29 heavy (non-hydrogen) atoms. The molecule has 0 aromatic heterocycles. The zero-order valence-electron chi connectivity index (χ0n) is 18.7. The summed E-state index contributed by atoms with van der Waals surface area (Å²) in [6, 6.07) is 0. The molecule has 4 N–H and O–H groups in total. The minimum absolute atomic E-state index is 0.262. The summed E-state index contributed by atoms with van der Waals surface area (Å²) >= 11 is 0. The lowest BCUT2D eigenvalue weighted by atomic mass is 9.73.